The molecule has 0 radical (unpaired) electrons. The summed E-state index contributed by atoms with van der Waals surface area (Å²) in [4.78, 5) is 4.56. The molecule has 1 saturated carbocycles. The number of rotatable bonds is 1. The Kier molecular flexibility index (Phi) is 3.09. The highest BCUT2D eigenvalue weighted by Gasteiger charge is 2.28. The fraction of sp³-hybridized carbons (Fsp3) is 0.562. The Hall–Kier alpha value is -1.35. The van der Waals surface area contributed by atoms with E-state index in [-0.39, 0.29) is 6.04 Å². The van der Waals surface area contributed by atoms with Crippen LogP contribution in [0.2, 0.25) is 0 Å². The molecule has 3 nitrogen and oxygen atoms in total. The molecule has 3 rings (SSSR count). The van der Waals surface area contributed by atoms with Crippen molar-refractivity contribution in [3.8, 4) is 0 Å². The molecule has 1 heterocycles. The monoisotopic (exact) mass is 257 g/mol. The van der Waals surface area contributed by atoms with Crippen molar-refractivity contribution in [1.82, 2.24) is 9.55 Å². The molecular formula is C16H23N3. The first kappa shape index (κ1) is 12.7. The normalized spacial score (nSPS) is 27.9. The number of nitrogens with two attached hydrogens (primary N) is 1. The van der Waals surface area contributed by atoms with Crippen LogP contribution in [-0.4, -0.2) is 15.6 Å². The van der Waals surface area contributed by atoms with Crippen molar-refractivity contribution in [3.63, 3.8) is 0 Å². The van der Waals surface area contributed by atoms with Gasteiger partial charge in [-0.1, -0.05) is 6.92 Å². The van der Waals surface area contributed by atoms with E-state index in [1.165, 1.54) is 29.5 Å². The van der Waals surface area contributed by atoms with Crippen LogP contribution in [0.25, 0.3) is 11.0 Å². The predicted molar refractivity (Wildman–Crippen MR) is 79.2 cm³/mol. The molecule has 1 fully saturated rings. The summed E-state index contributed by atoms with van der Waals surface area (Å²) in [5, 5.41) is 0. The molecule has 0 saturated heterocycles. The van der Waals surface area contributed by atoms with Gasteiger partial charge < -0.3 is 10.3 Å². The van der Waals surface area contributed by atoms with Crippen molar-refractivity contribution in [2.75, 3.05) is 0 Å². The third kappa shape index (κ3) is 2.16. The van der Waals surface area contributed by atoms with Crippen molar-refractivity contribution in [2.24, 2.45) is 11.7 Å². The van der Waals surface area contributed by atoms with Crippen molar-refractivity contribution in [2.45, 2.75) is 52.1 Å². The van der Waals surface area contributed by atoms with Gasteiger partial charge in [-0.2, -0.15) is 0 Å². The van der Waals surface area contributed by atoms with Gasteiger partial charge in [-0.15, -0.1) is 0 Å². The number of hydrogen-bond donors (Lipinski definition) is 1. The average Bonchev–Trinajstić information content (AvgIpc) is 2.76. The smallest absolute Gasteiger partial charge is 0.0961 e. The van der Waals surface area contributed by atoms with Crippen LogP contribution in [0, 0.1) is 19.8 Å². The Morgan fingerprint density at radius 1 is 1.21 bits per heavy atom. The van der Waals surface area contributed by atoms with E-state index in [0.717, 1.165) is 17.9 Å². The summed E-state index contributed by atoms with van der Waals surface area (Å²) < 4.78 is 2.31. The number of aryl methyl sites for hydroxylation is 2. The van der Waals surface area contributed by atoms with E-state index >= 15 is 0 Å². The summed E-state index contributed by atoms with van der Waals surface area (Å²) in [7, 11) is 0. The quantitative estimate of drug-likeness (QED) is 0.851. The lowest BCUT2D eigenvalue weighted by Gasteiger charge is -2.33. The molecule has 0 bridgehead atoms. The summed E-state index contributed by atoms with van der Waals surface area (Å²) in [6, 6.07) is 5.09. The Balaban J connectivity index is 2.07. The van der Waals surface area contributed by atoms with Gasteiger partial charge in [-0.05, 0) is 62.3 Å². The highest BCUT2D eigenvalue weighted by Crippen LogP contribution is 2.33. The summed E-state index contributed by atoms with van der Waals surface area (Å²) in [6.45, 7) is 6.63. The second-order valence-electron chi connectivity index (χ2n) is 6.23. The fourth-order valence-electron chi connectivity index (χ4n) is 3.24. The maximum absolute atomic E-state index is 6.34. The highest BCUT2D eigenvalue weighted by molar-refractivity contribution is 5.77. The van der Waals surface area contributed by atoms with E-state index in [1.54, 1.807) is 0 Å². The zero-order valence-electron chi connectivity index (χ0n) is 12.1. The molecule has 2 aromatic rings. The van der Waals surface area contributed by atoms with Gasteiger partial charge in [-0.3, -0.25) is 0 Å². The van der Waals surface area contributed by atoms with Gasteiger partial charge in [0.15, 0.2) is 0 Å². The molecule has 0 spiro atoms. The van der Waals surface area contributed by atoms with Crippen LogP contribution in [0.5, 0.6) is 0 Å². The maximum Gasteiger partial charge on any atom is 0.0961 e. The molecule has 3 atom stereocenters. The van der Waals surface area contributed by atoms with E-state index in [2.05, 4.69) is 42.5 Å². The topological polar surface area (TPSA) is 43.8 Å². The van der Waals surface area contributed by atoms with Crippen LogP contribution in [0.3, 0.4) is 0 Å². The maximum atomic E-state index is 6.34. The number of hydrogen-bond acceptors (Lipinski definition) is 2. The molecule has 19 heavy (non-hydrogen) atoms. The third-order valence-corrected chi connectivity index (χ3v) is 4.68. The molecule has 1 aliphatic rings. The average molecular weight is 257 g/mol. The van der Waals surface area contributed by atoms with Gasteiger partial charge in [0.25, 0.3) is 0 Å². The number of nitrogens with zero attached hydrogens (tertiary/aromatic N) is 2. The number of aromatic nitrogens is 2. The SMILES string of the molecule is Cc1cc2ncn(C3CC(C)CCC3N)c2cc1C. The minimum Gasteiger partial charge on any atom is -0.326 e. The second kappa shape index (κ2) is 4.64. The summed E-state index contributed by atoms with van der Waals surface area (Å²) in [6.07, 6.45) is 5.52. The van der Waals surface area contributed by atoms with Gasteiger partial charge in [-0.25, -0.2) is 4.98 Å². The predicted octanol–water partition coefficient (Wildman–Crippen LogP) is 3.34. The summed E-state index contributed by atoms with van der Waals surface area (Å²) in [5.41, 5.74) is 11.3. The molecule has 2 N–H and O–H groups in total. The first-order valence-corrected chi connectivity index (χ1v) is 7.25. The molecule has 3 unspecified atom stereocenters. The van der Waals surface area contributed by atoms with Crippen molar-refractivity contribution >= 4 is 11.0 Å². The highest BCUT2D eigenvalue weighted by atomic mass is 15.1. The first-order valence-electron chi connectivity index (χ1n) is 7.25. The molecule has 3 heteroatoms. The van der Waals surface area contributed by atoms with E-state index in [0.29, 0.717) is 6.04 Å². The minimum atomic E-state index is 0.259. The zero-order chi connectivity index (χ0) is 13.6. The lowest BCUT2D eigenvalue weighted by molar-refractivity contribution is 0.251. The molecule has 0 amide bonds. The summed E-state index contributed by atoms with van der Waals surface area (Å²) in [5.74, 6) is 0.758. The lowest BCUT2D eigenvalue weighted by atomic mass is 9.83. The second-order valence-corrected chi connectivity index (χ2v) is 6.23. The van der Waals surface area contributed by atoms with Crippen LogP contribution in [0.4, 0.5) is 0 Å². The molecule has 1 aromatic heterocycles. The number of imidazole rings is 1. The van der Waals surface area contributed by atoms with E-state index in [4.69, 9.17) is 5.73 Å². The Morgan fingerprint density at radius 3 is 2.74 bits per heavy atom. The van der Waals surface area contributed by atoms with Gasteiger partial charge in [0.2, 0.25) is 0 Å². The zero-order valence-corrected chi connectivity index (χ0v) is 12.1. The fourth-order valence-corrected chi connectivity index (χ4v) is 3.24. The van der Waals surface area contributed by atoms with E-state index in [9.17, 15) is 0 Å². The molecule has 1 aliphatic carbocycles. The van der Waals surface area contributed by atoms with Gasteiger partial charge in [0.1, 0.15) is 0 Å². The number of benzene rings is 1. The van der Waals surface area contributed by atoms with Crippen LogP contribution in [0.15, 0.2) is 18.5 Å². The van der Waals surface area contributed by atoms with Crippen molar-refractivity contribution < 1.29 is 0 Å². The van der Waals surface area contributed by atoms with E-state index in [1.807, 2.05) is 6.33 Å². The van der Waals surface area contributed by atoms with Crippen LogP contribution < -0.4 is 5.73 Å². The van der Waals surface area contributed by atoms with Crippen molar-refractivity contribution in [1.29, 1.82) is 0 Å². The largest absolute Gasteiger partial charge is 0.326 e. The Labute approximate surface area is 114 Å². The Bertz CT molecular complexity index is 599. The lowest BCUT2D eigenvalue weighted by Crippen LogP contribution is -2.37. The van der Waals surface area contributed by atoms with Crippen LogP contribution >= 0.6 is 0 Å². The third-order valence-electron chi connectivity index (χ3n) is 4.68. The van der Waals surface area contributed by atoms with Crippen LogP contribution in [-0.2, 0) is 0 Å². The van der Waals surface area contributed by atoms with Gasteiger partial charge >= 0.3 is 0 Å². The van der Waals surface area contributed by atoms with Crippen LogP contribution in [0.1, 0.15) is 43.4 Å². The molecule has 102 valence electrons. The van der Waals surface area contributed by atoms with Gasteiger partial charge in [0.05, 0.1) is 23.4 Å². The number of fused-ring (bicyclic) bond motifs is 1. The Morgan fingerprint density at radius 2 is 1.95 bits per heavy atom. The van der Waals surface area contributed by atoms with E-state index < -0.39 is 0 Å². The van der Waals surface area contributed by atoms with Gasteiger partial charge in [0, 0.05) is 6.04 Å². The summed E-state index contributed by atoms with van der Waals surface area (Å²) >= 11 is 0. The molecule has 0 aliphatic heterocycles. The first-order chi connectivity index (χ1) is 9.06. The molecular weight excluding hydrogens is 234 g/mol. The van der Waals surface area contributed by atoms with Crippen molar-refractivity contribution in [3.05, 3.63) is 29.6 Å². The standard InChI is InChI=1S/C16H23N3/c1-10-4-5-13(17)15(6-10)19-9-18-14-7-11(2)12(3)8-16(14)19/h7-10,13,15H,4-6,17H2,1-3H3. The molecule has 1 aromatic carbocycles. The minimum absolute atomic E-state index is 0.259.